The molecule has 0 saturated heterocycles. The van der Waals surface area contributed by atoms with Crippen LogP contribution in [0.25, 0.3) is 27.7 Å². The van der Waals surface area contributed by atoms with E-state index in [0.29, 0.717) is 22.3 Å². The zero-order chi connectivity index (χ0) is 26.8. The number of nitriles is 1. The minimum absolute atomic E-state index is 0.0104. The van der Waals surface area contributed by atoms with Gasteiger partial charge < -0.3 is 14.8 Å². The van der Waals surface area contributed by atoms with Gasteiger partial charge in [-0.25, -0.2) is 18.0 Å². The maximum atomic E-state index is 14.5. The summed E-state index contributed by atoms with van der Waals surface area (Å²) in [6, 6.07) is 13.7. The van der Waals surface area contributed by atoms with Gasteiger partial charge in [0.05, 0.1) is 22.5 Å². The molecular weight excluding hydrogens is 469 g/mol. The molecule has 0 unspecified atom stereocenters. The summed E-state index contributed by atoms with van der Waals surface area (Å²) >= 11 is 0. The van der Waals surface area contributed by atoms with Crippen LogP contribution in [0.2, 0.25) is 0 Å². The second-order valence-corrected chi connectivity index (χ2v) is 8.55. The molecule has 36 heavy (non-hydrogen) atoms. The molecule has 0 fully saturated rings. The van der Waals surface area contributed by atoms with Crippen LogP contribution in [0.1, 0.15) is 50.2 Å². The van der Waals surface area contributed by atoms with E-state index in [2.05, 4.69) is 6.07 Å². The third kappa shape index (κ3) is 4.52. The number of aromatic carboxylic acids is 1. The average Bonchev–Trinajstić information content (AvgIpc) is 3.21. The van der Waals surface area contributed by atoms with Crippen molar-refractivity contribution in [2.45, 2.75) is 39.5 Å². The zero-order valence-corrected chi connectivity index (χ0v) is 20.2. The molecule has 0 aliphatic heterocycles. The van der Waals surface area contributed by atoms with E-state index in [1.165, 1.54) is 36.4 Å². The largest absolute Gasteiger partial charge is 0.504 e. The Morgan fingerprint density at radius 2 is 1.58 bits per heavy atom. The van der Waals surface area contributed by atoms with Crippen molar-refractivity contribution in [3.05, 3.63) is 83.3 Å². The number of phenols is 1. The van der Waals surface area contributed by atoms with Crippen LogP contribution in [0.4, 0.5) is 13.2 Å². The van der Waals surface area contributed by atoms with E-state index in [9.17, 15) is 33.4 Å². The number of fused-ring (bicyclic) bond motifs is 1. The first kappa shape index (κ1) is 26.4. The van der Waals surface area contributed by atoms with E-state index < -0.39 is 34.6 Å². The molecule has 0 aliphatic rings. The highest BCUT2D eigenvalue weighted by atomic mass is 19.2. The number of aromatic nitrogens is 1. The van der Waals surface area contributed by atoms with Gasteiger partial charge in [-0.3, -0.25) is 0 Å². The second kappa shape index (κ2) is 10.2. The molecule has 0 bridgehead atoms. The van der Waals surface area contributed by atoms with Crippen molar-refractivity contribution in [1.82, 2.24) is 4.57 Å². The molecule has 0 saturated carbocycles. The number of benzene rings is 3. The number of carboxylic acids is 1. The van der Waals surface area contributed by atoms with Crippen LogP contribution in [-0.4, -0.2) is 20.7 Å². The van der Waals surface area contributed by atoms with Crippen molar-refractivity contribution in [2.75, 3.05) is 0 Å². The Bertz CT molecular complexity index is 1480. The molecule has 186 valence electrons. The highest BCUT2D eigenvalue weighted by Gasteiger charge is 2.33. The van der Waals surface area contributed by atoms with E-state index in [-0.39, 0.29) is 23.1 Å². The third-order valence-corrected chi connectivity index (χ3v) is 5.80. The normalized spacial score (nSPS) is 11.1. The molecule has 1 heterocycles. The number of hydrogen-bond donors (Lipinski definition) is 2. The van der Waals surface area contributed by atoms with Gasteiger partial charge in [0, 0.05) is 34.8 Å². The first-order valence-electron chi connectivity index (χ1n) is 11.3. The van der Waals surface area contributed by atoms with Gasteiger partial charge >= 0.3 is 5.97 Å². The number of phenolic OH excluding ortho intramolecular Hbond substituents is 1. The predicted molar refractivity (Wildman–Crippen MR) is 132 cm³/mol. The maximum Gasteiger partial charge on any atom is 0.335 e. The molecule has 0 amide bonds. The lowest BCUT2D eigenvalue weighted by Crippen LogP contribution is -2.22. The van der Waals surface area contributed by atoms with Crippen LogP contribution in [0.15, 0.2) is 54.6 Å². The topological polar surface area (TPSA) is 86.2 Å². The molecule has 0 spiro atoms. The first-order chi connectivity index (χ1) is 17.1. The predicted octanol–water partition coefficient (Wildman–Crippen LogP) is 7.34. The molecule has 0 aliphatic carbocycles. The van der Waals surface area contributed by atoms with Gasteiger partial charge in [-0.05, 0) is 42.0 Å². The quantitative estimate of drug-likeness (QED) is 0.304. The smallest absolute Gasteiger partial charge is 0.335 e. The molecular formula is C28H25F3N2O3. The Hall–Kier alpha value is -4.25. The highest BCUT2D eigenvalue weighted by Crippen LogP contribution is 2.47. The SMILES string of the molecule is CC.CC(C)(CC#N)c1c(-c2ccc(C(=O)O)cc2)c2c(O)c(F)ccc2n1-c1ccc(F)c(F)c1. The summed E-state index contributed by atoms with van der Waals surface area (Å²) < 4.78 is 44.0. The molecule has 8 heteroatoms. The molecule has 5 nitrogen and oxygen atoms in total. The minimum Gasteiger partial charge on any atom is -0.504 e. The first-order valence-corrected chi connectivity index (χ1v) is 11.3. The number of carbonyl (C=O) groups is 1. The lowest BCUT2D eigenvalue weighted by Gasteiger charge is -2.26. The lowest BCUT2D eigenvalue weighted by atomic mass is 9.81. The fraction of sp³-hybridized carbons (Fsp3) is 0.214. The zero-order valence-electron chi connectivity index (χ0n) is 20.2. The van der Waals surface area contributed by atoms with Gasteiger partial charge in [-0.15, -0.1) is 0 Å². The van der Waals surface area contributed by atoms with Gasteiger partial charge in [-0.2, -0.15) is 5.26 Å². The molecule has 4 aromatic rings. The van der Waals surface area contributed by atoms with E-state index in [0.717, 1.165) is 18.2 Å². The third-order valence-electron chi connectivity index (χ3n) is 5.80. The van der Waals surface area contributed by atoms with E-state index >= 15 is 0 Å². The fourth-order valence-electron chi connectivity index (χ4n) is 4.21. The van der Waals surface area contributed by atoms with Crippen molar-refractivity contribution >= 4 is 16.9 Å². The number of carboxylic acid groups (broad SMARTS) is 1. The number of aromatic hydroxyl groups is 1. The van der Waals surface area contributed by atoms with Gasteiger partial charge in [0.25, 0.3) is 0 Å². The van der Waals surface area contributed by atoms with Crippen molar-refractivity contribution < 1.29 is 28.2 Å². The number of hydrogen-bond acceptors (Lipinski definition) is 3. The van der Waals surface area contributed by atoms with Gasteiger partial charge in [0.15, 0.2) is 23.2 Å². The molecule has 3 aromatic carbocycles. The second-order valence-electron chi connectivity index (χ2n) is 8.55. The number of halogens is 3. The summed E-state index contributed by atoms with van der Waals surface area (Å²) in [7, 11) is 0. The fourth-order valence-corrected chi connectivity index (χ4v) is 4.21. The van der Waals surface area contributed by atoms with Crippen molar-refractivity contribution in [3.63, 3.8) is 0 Å². The van der Waals surface area contributed by atoms with Crippen LogP contribution < -0.4 is 0 Å². The van der Waals surface area contributed by atoms with Crippen LogP contribution >= 0.6 is 0 Å². The van der Waals surface area contributed by atoms with E-state index in [4.69, 9.17) is 0 Å². The van der Waals surface area contributed by atoms with Crippen molar-refractivity contribution in [1.29, 1.82) is 5.26 Å². The highest BCUT2D eigenvalue weighted by molar-refractivity contribution is 6.04. The standard InChI is InChI=1S/C26H19F3N2O3.C2H6/c1-26(2,11-12-30)24-21(14-3-5-15(6-4-14)25(33)34)22-20(10-9-18(28)23(22)32)31(24)16-7-8-17(27)19(29)13-16;1-2/h3-10,13,32H,11H2,1-2H3,(H,33,34);1-2H3. The number of rotatable bonds is 5. The Labute approximate surface area is 206 Å². The number of nitrogens with zero attached hydrogens (tertiary/aromatic N) is 2. The molecule has 2 N–H and O–H groups in total. The molecule has 0 atom stereocenters. The van der Waals surface area contributed by atoms with Crippen molar-refractivity contribution in [2.24, 2.45) is 0 Å². The average molecular weight is 495 g/mol. The summed E-state index contributed by atoms with van der Waals surface area (Å²) in [4.78, 5) is 11.3. The van der Waals surface area contributed by atoms with Crippen LogP contribution in [0.3, 0.4) is 0 Å². The summed E-state index contributed by atoms with van der Waals surface area (Å²) in [5.41, 5.74) is 0.905. The Balaban J connectivity index is 0.00000176. The maximum absolute atomic E-state index is 14.5. The van der Waals surface area contributed by atoms with Crippen LogP contribution in [0.5, 0.6) is 5.75 Å². The van der Waals surface area contributed by atoms with Gasteiger partial charge in [0.1, 0.15) is 0 Å². The van der Waals surface area contributed by atoms with Crippen molar-refractivity contribution in [3.8, 4) is 28.6 Å². The Kier molecular flexibility index (Phi) is 7.44. The Morgan fingerprint density at radius 1 is 0.972 bits per heavy atom. The lowest BCUT2D eigenvalue weighted by molar-refractivity contribution is 0.0697. The van der Waals surface area contributed by atoms with E-state index in [1.807, 2.05) is 13.8 Å². The minimum atomic E-state index is -1.13. The summed E-state index contributed by atoms with van der Waals surface area (Å²) in [5, 5.41) is 29.6. The van der Waals surface area contributed by atoms with Crippen LogP contribution in [-0.2, 0) is 5.41 Å². The molecule has 4 rings (SSSR count). The summed E-state index contributed by atoms with van der Waals surface area (Å²) in [6.45, 7) is 7.53. The molecule has 0 radical (unpaired) electrons. The summed E-state index contributed by atoms with van der Waals surface area (Å²) in [6.07, 6.45) is 0.0104. The molecule has 1 aromatic heterocycles. The summed E-state index contributed by atoms with van der Waals surface area (Å²) in [5.74, 6) is -4.80. The Morgan fingerprint density at radius 3 is 2.14 bits per heavy atom. The van der Waals surface area contributed by atoms with E-state index in [1.54, 1.807) is 18.4 Å². The van der Waals surface area contributed by atoms with Gasteiger partial charge in [0.2, 0.25) is 0 Å². The van der Waals surface area contributed by atoms with Crippen LogP contribution in [0, 0.1) is 28.8 Å². The monoisotopic (exact) mass is 494 g/mol. The van der Waals surface area contributed by atoms with Gasteiger partial charge in [-0.1, -0.05) is 39.8 Å².